The second-order valence-corrected chi connectivity index (χ2v) is 15.5. The van der Waals surface area contributed by atoms with E-state index in [0.29, 0.717) is 50.7 Å². The number of piperidine rings is 3. The van der Waals surface area contributed by atoms with E-state index in [9.17, 15) is 33.6 Å². The molecule has 4 fully saturated rings. The lowest BCUT2D eigenvalue weighted by molar-refractivity contribution is -0.136. The molecule has 5 aliphatic heterocycles. The Labute approximate surface area is 334 Å². The van der Waals surface area contributed by atoms with E-state index >= 15 is 0 Å². The number of benzene rings is 2. The number of likely N-dealkylation sites (N-methyl/N-ethyl adjacent to an activating group) is 1. The first-order valence-electron chi connectivity index (χ1n) is 19.7. The summed E-state index contributed by atoms with van der Waals surface area (Å²) in [7, 11) is 1.82. The second kappa shape index (κ2) is 15.9. The van der Waals surface area contributed by atoms with Crippen molar-refractivity contribution in [2.45, 2.75) is 62.9 Å². The minimum atomic E-state index is -1.10. The Hall–Kier alpha value is -6.39. The number of nitrogens with zero attached hydrogens (tertiary/aromatic N) is 7. The highest BCUT2D eigenvalue weighted by atomic mass is 16.5. The molecule has 58 heavy (non-hydrogen) atoms. The van der Waals surface area contributed by atoms with Crippen LogP contribution in [0.3, 0.4) is 0 Å². The molecule has 2 atom stereocenters. The predicted molar refractivity (Wildman–Crippen MR) is 207 cm³/mol. The molecule has 3 aromatic rings. The van der Waals surface area contributed by atoms with Crippen LogP contribution in [0.4, 0.5) is 10.6 Å². The first-order valence-corrected chi connectivity index (χ1v) is 19.7. The number of primary amides is 1. The highest BCUT2D eigenvalue weighted by Gasteiger charge is 2.46. The van der Waals surface area contributed by atoms with Crippen LogP contribution in [-0.4, -0.2) is 136 Å². The number of hydrogen-bond acceptors (Lipinski definition) is 11. The fourth-order valence-electron chi connectivity index (χ4n) is 8.72. The van der Waals surface area contributed by atoms with Crippen molar-refractivity contribution in [2.24, 2.45) is 5.73 Å². The molecule has 1 unspecified atom stereocenters. The van der Waals surface area contributed by atoms with Crippen molar-refractivity contribution in [3.63, 3.8) is 0 Å². The maximum Gasteiger partial charge on any atom is 0.320 e. The summed E-state index contributed by atoms with van der Waals surface area (Å²) in [6.45, 7) is 3.51. The number of urea groups is 1. The first-order chi connectivity index (χ1) is 28.0. The minimum absolute atomic E-state index is 0.00194. The molecule has 1 aromatic heterocycles. The molecule has 0 aliphatic carbocycles. The number of hydrogen-bond donors (Lipinski definition) is 2. The second-order valence-electron chi connectivity index (χ2n) is 15.5. The van der Waals surface area contributed by atoms with E-state index in [0.717, 1.165) is 48.3 Å². The van der Waals surface area contributed by atoms with Crippen molar-refractivity contribution in [3.8, 4) is 5.75 Å². The molecule has 2 aromatic carbocycles. The highest BCUT2D eigenvalue weighted by Crippen LogP contribution is 2.34. The smallest absolute Gasteiger partial charge is 0.320 e. The van der Waals surface area contributed by atoms with Crippen molar-refractivity contribution in [1.29, 1.82) is 0 Å². The molecule has 0 bridgehead atoms. The van der Waals surface area contributed by atoms with E-state index in [4.69, 9.17) is 15.5 Å². The van der Waals surface area contributed by atoms with Gasteiger partial charge in [-0.15, -0.1) is 0 Å². The van der Waals surface area contributed by atoms with Gasteiger partial charge in [-0.25, -0.2) is 14.8 Å². The lowest BCUT2D eigenvalue weighted by atomic mass is 9.88. The van der Waals surface area contributed by atoms with Gasteiger partial charge in [0.15, 0.2) is 6.61 Å². The molecular formula is C41H45N9O8. The topological polar surface area (TPSA) is 209 Å². The minimum Gasteiger partial charge on any atom is -0.483 e. The summed E-state index contributed by atoms with van der Waals surface area (Å²) < 4.78 is 5.83. The summed E-state index contributed by atoms with van der Waals surface area (Å²) in [5, 5.41) is 2.18. The number of carbonyl (C=O) groups is 7. The zero-order chi connectivity index (χ0) is 40.7. The van der Waals surface area contributed by atoms with Gasteiger partial charge in [0.1, 0.15) is 23.3 Å². The van der Waals surface area contributed by atoms with Crippen LogP contribution in [0.15, 0.2) is 48.7 Å². The zero-order valence-corrected chi connectivity index (χ0v) is 32.2. The molecule has 17 nitrogen and oxygen atoms in total. The number of ether oxygens (including phenoxy) is 1. The molecule has 4 saturated heterocycles. The Bertz CT molecular complexity index is 2190. The van der Waals surface area contributed by atoms with Crippen LogP contribution in [0.1, 0.15) is 92.5 Å². The average molecular weight is 792 g/mol. The number of carbonyl (C=O) groups excluding carboxylic acids is 7. The molecule has 8 amide bonds. The van der Waals surface area contributed by atoms with E-state index in [1.807, 2.05) is 24.1 Å². The number of fused-ring (bicyclic) bond motifs is 1. The molecule has 0 saturated carbocycles. The lowest BCUT2D eigenvalue weighted by Crippen LogP contribution is -2.54. The van der Waals surface area contributed by atoms with Gasteiger partial charge in [-0.2, -0.15) is 0 Å². The van der Waals surface area contributed by atoms with Crippen LogP contribution in [0, 0.1) is 0 Å². The van der Waals surface area contributed by atoms with E-state index < -0.39 is 35.6 Å². The van der Waals surface area contributed by atoms with Crippen molar-refractivity contribution in [1.82, 2.24) is 34.9 Å². The summed E-state index contributed by atoms with van der Waals surface area (Å²) in [6.07, 6.45) is 5.29. The number of likely N-dealkylation sites (tertiary alicyclic amines) is 1. The maximum absolute atomic E-state index is 13.4. The number of nitrogens with two attached hydrogens (primary N) is 1. The molecule has 0 radical (unpaired) electrons. The number of imide groups is 2. The number of rotatable bonds is 10. The molecule has 302 valence electrons. The van der Waals surface area contributed by atoms with E-state index in [1.54, 1.807) is 22.1 Å². The van der Waals surface area contributed by atoms with E-state index in [1.165, 1.54) is 12.1 Å². The van der Waals surface area contributed by atoms with Gasteiger partial charge in [0.2, 0.25) is 11.8 Å². The van der Waals surface area contributed by atoms with Crippen molar-refractivity contribution < 1.29 is 38.3 Å². The van der Waals surface area contributed by atoms with E-state index in [2.05, 4.69) is 27.3 Å². The summed E-state index contributed by atoms with van der Waals surface area (Å²) in [5.41, 5.74) is 8.49. The molecule has 6 heterocycles. The number of amides is 8. The van der Waals surface area contributed by atoms with Gasteiger partial charge >= 0.3 is 6.03 Å². The van der Waals surface area contributed by atoms with Crippen LogP contribution >= 0.6 is 0 Å². The summed E-state index contributed by atoms with van der Waals surface area (Å²) in [5.74, 6) is -2.45. The van der Waals surface area contributed by atoms with Crippen molar-refractivity contribution in [2.75, 3.05) is 57.8 Å². The van der Waals surface area contributed by atoms with Crippen LogP contribution in [0.25, 0.3) is 0 Å². The standard InChI is InChI=1S/C41H45N9O8/c1-46-18-19-49(41(46)57)27-4-3-15-48(22-27)32-21-43-36(37(42)53)29(44-32)20-24-7-9-25(10-8-24)26-13-16-47(17-14-26)34(52)23-58-31-6-2-5-28-35(31)40(56)50(39(28)55)30-11-12-33(51)45-38(30)54/h2,5-10,21,26-27,30H,3-4,11-20,22-23H2,1H3,(H2,42,53)(H,45,51,54)/t27-,30?/m1/s1. The van der Waals surface area contributed by atoms with Gasteiger partial charge in [0, 0.05) is 59.2 Å². The van der Waals surface area contributed by atoms with Gasteiger partial charge in [0.25, 0.3) is 23.6 Å². The third kappa shape index (κ3) is 7.43. The third-order valence-corrected chi connectivity index (χ3v) is 11.9. The van der Waals surface area contributed by atoms with Crippen LogP contribution in [0.5, 0.6) is 5.75 Å². The highest BCUT2D eigenvalue weighted by molar-refractivity contribution is 6.24. The van der Waals surface area contributed by atoms with Gasteiger partial charge < -0.3 is 30.1 Å². The Morgan fingerprint density at radius 1 is 0.914 bits per heavy atom. The molecule has 3 N–H and O–H groups in total. The predicted octanol–water partition coefficient (Wildman–Crippen LogP) is 1.69. The Morgan fingerprint density at radius 3 is 2.40 bits per heavy atom. The van der Waals surface area contributed by atoms with Crippen LogP contribution in [-0.2, 0) is 20.8 Å². The van der Waals surface area contributed by atoms with Crippen LogP contribution in [0.2, 0.25) is 0 Å². The van der Waals surface area contributed by atoms with Gasteiger partial charge in [0.05, 0.1) is 29.1 Å². The number of anilines is 1. The van der Waals surface area contributed by atoms with Gasteiger partial charge in [-0.1, -0.05) is 30.3 Å². The zero-order valence-electron chi connectivity index (χ0n) is 32.2. The average Bonchev–Trinajstić information content (AvgIpc) is 3.70. The maximum atomic E-state index is 13.4. The Kier molecular flexibility index (Phi) is 10.5. The van der Waals surface area contributed by atoms with Crippen LogP contribution < -0.4 is 20.7 Å². The molecule has 8 rings (SSSR count). The fourth-order valence-corrected chi connectivity index (χ4v) is 8.72. The summed E-state index contributed by atoms with van der Waals surface area (Å²) in [4.78, 5) is 107. The monoisotopic (exact) mass is 791 g/mol. The first kappa shape index (κ1) is 38.5. The SMILES string of the molecule is CN1CCN([C@@H]2CCCN(c3cnc(C(N)=O)c(Cc4ccc(C5CCN(C(=O)COc6cccc7c6C(=O)N(C6CCC(=O)NC6=O)C7=O)CC5)cc4)n3)C2)C1=O. The quantitative estimate of drug-likeness (QED) is 0.283. The molecule has 17 heteroatoms. The molecule has 0 spiro atoms. The Balaban J connectivity index is 0.858. The number of aromatic nitrogens is 2. The largest absolute Gasteiger partial charge is 0.483 e. The lowest BCUT2D eigenvalue weighted by Gasteiger charge is -2.37. The van der Waals surface area contributed by atoms with Crippen molar-refractivity contribution in [3.05, 3.63) is 82.3 Å². The normalized spacial score (nSPS) is 21.5. The third-order valence-electron chi connectivity index (χ3n) is 11.9. The number of nitrogens with one attached hydrogen (secondary N) is 1. The summed E-state index contributed by atoms with van der Waals surface area (Å²) in [6, 6.07) is 11.7. The van der Waals surface area contributed by atoms with Crippen molar-refractivity contribution >= 4 is 47.3 Å². The Morgan fingerprint density at radius 2 is 1.69 bits per heavy atom. The van der Waals surface area contributed by atoms with Gasteiger partial charge in [-0.05, 0) is 61.3 Å². The summed E-state index contributed by atoms with van der Waals surface area (Å²) >= 11 is 0. The fraction of sp³-hybridized carbons (Fsp3) is 0.439. The molecular weight excluding hydrogens is 747 g/mol. The van der Waals surface area contributed by atoms with Gasteiger partial charge in [-0.3, -0.25) is 39.0 Å². The molecule has 5 aliphatic rings. The van der Waals surface area contributed by atoms with E-state index in [-0.39, 0.29) is 65.9 Å².